The van der Waals surface area contributed by atoms with E-state index < -0.39 is 0 Å². The van der Waals surface area contributed by atoms with Crippen LogP contribution in [-0.2, 0) is 11.2 Å². The molecule has 110 valence electrons. The lowest BCUT2D eigenvalue weighted by Gasteiger charge is -2.18. The van der Waals surface area contributed by atoms with Crippen LogP contribution in [0.1, 0.15) is 18.2 Å². The molecule has 0 unspecified atom stereocenters. The van der Waals surface area contributed by atoms with Gasteiger partial charge in [-0.2, -0.15) is 0 Å². The minimum absolute atomic E-state index is 0.179. The third kappa shape index (κ3) is 2.49. The van der Waals surface area contributed by atoms with Crippen LogP contribution in [0.2, 0.25) is 0 Å². The first-order valence-corrected chi connectivity index (χ1v) is 7.24. The summed E-state index contributed by atoms with van der Waals surface area (Å²) < 4.78 is 11.6. The molecule has 0 saturated carbocycles. The van der Waals surface area contributed by atoms with Crippen LogP contribution in [0.3, 0.4) is 0 Å². The van der Waals surface area contributed by atoms with Crippen LogP contribution in [0, 0.1) is 12.8 Å². The molecule has 0 bridgehead atoms. The van der Waals surface area contributed by atoms with E-state index in [1.807, 2.05) is 6.07 Å². The highest BCUT2D eigenvalue weighted by Gasteiger charge is 2.43. The molecule has 2 fully saturated rings. The first-order chi connectivity index (χ1) is 10.3. The maximum atomic E-state index is 6.13. The molecule has 2 aliphatic rings. The van der Waals surface area contributed by atoms with Crippen molar-refractivity contribution in [2.75, 3.05) is 18.0 Å². The van der Waals surface area contributed by atoms with Gasteiger partial charge >= 0.3 is 0 Å². The summed E-state index contributed by atoms with van der Waals surface area (Å²) in [5.74, 6) is 2.60. The molecule has 2 aromatic rings. The molecule has 0 radical (unpaired) electrons. The lowest BCUT2D eigenvalue weighted by Crippen LogP contribution is -2.26. The maximum Gasteiger partial charge on any atom is 0.225 e. The second-order valence-corrected chi connectivity index (χ2v) is 5.67. The molecule has 0 N–H and O–H groups in total. The summed E-state index contributed by atoms with van der Waals surface area (Å²) in [5.41, 5.74) is 0. The monoisotopic (exact) mass is 287 g/mol. The Morgan fingerprint density at radius 2 is 2.10 bits per heavy atom. The van der Waals surface area contributed by atoms with Crippen molar-refractivity contribution in [1.82, 2.24) is 20.2 Å². The fourth-order valence-electron chi connectivity index (χ4n) is 3.23. The highest BCUT2D eigenvalue weighted by atomic mass is 16.5. The Morgan fingerprint density at radius 3 is 2.81 bits per heavy atom. The van der Waals surface area contributed by atoms with Gasteiger partial charge in [-0.1, -0.05) is 0 Å². The minimum atomic E-state index is 0.179. The Balaban J connectivity index is 1.37. The molecule has 0 aliphatic carbocycles. The van der Waals surface area contributed by atoms with Gasteiger partial charge in [0, 0.05) is 38.3 Å². The van der Waals surface area contributed by atoms with Crippen molar-refractivity contribution in [2.24, 2.45) is 5.92 Å². The molecule has 2 saturated heterocycles. The molecule has 21 heavy (non-hydrogen) atoms. The van der Waals surface area contributed by atoms with Crippen molar-refractivity contribution in [3.63, 3.8) is 0 Å². The van der Waals surface area contributed by atoms with Gasteiger partial charge in [0.25, 0.3) is 0 Å². The number of hydrogen-bond acceptors (Lipinski definition) is 7. The highest BCUT2D eigenvalue weighted by molar-refractivity contribution is 5.32. The van der Waals surface area contributed by atoms with Gasteiger partial charge in [0.1, 0.15) is 0 Å². The molecule has 7 nitrogen and oxygen atoms in total. The Kier molecular flexibility index (Phi) is 3.07. The Morgan fingerprint density at radius 1 is 1.24 bits per heavy atom. The van der Waals surface area contributed by atoms with Crippen molar-refractivity contribution >= 4 is 5.95 Å². The molecule has 4 heterocycles. The molecule has 2 aromatic heterocycles. The third-order valence-corrected chi connectivity index (χ3v) is 4.12. The quantitative estimate of drug-likeness (QED) is 0.833. The molecule has 7 heteroatoms. The topological polar surface area (TPSA) is 77.2 Å². The van der Waals surface area contributed by atoms with Gasteiger partial charge < -0.3 is 14.1 Å². The smallest absolute Gasteiger partial charge is 0.225 e. The van der Waals surface area contributed by atoms with Crippen LogP contribution >= 0.6 is 0 Å². The van der Waals surface area contributed by atoms with Crippen molar-refractivity contribution < 1.29 is 9.15 Å². The second kappa shape index (κ2) is 5.07. The number of nitrogens with zero attached hydrogens (tertiary/aromatic N) is 5. The molecule has 2 aliphatic heterocycles. The lowest BCUT2D eigenvalue weighted by molar-refractivity contribution is 0.0463. The van der Waals surface area contributed by atoms with E-state index in [2.05, 4.69) is 25.1 Å². The van der Waals surface area contributed by atoms with Crippen molar-refractivity contribution in [1.29, 1.82) is 0 Å². The Hall–Kier alpha value is -2.02. The van der Waals surface area contributed by atoms with E-state index in [-0.39, 0.29) is 12.2 Å². The van der Waals surface area contributed by atoms with E-state index in [1.54, 1.807) is 19.3 Å². The number of aryl methyl sites for hydroxylation is 1. The van der Waals surface area contributed by atoms with Crippen LogP contribution in [0.25, 0.3) is 0 Å². The molecule has 0 amide bonds. The number of rotatable bonds is 3. The summed E-state index contributed by atoms with van der Waals surface area (Å²) in [6.45, 7) is 3.61. The van der Waals surface area contributed by atoms with Gasteiger partial charge in [-0.25, -0.2) is 9.97 Å². The second-order valence-electron chi connectivity index (χ2n) is 5.67. The summed E-state index contributed by atoms with van der Waals surface area (Å²) in [7, 11) is 0. The molecule has 4 rings (SSSR count). The molecule has 3 atom stereocenters. The van der Waals surface area contributed by atoms with E-state index in [4.69, 9.17) is 9.15 Å². The van der Waals surface area contributed by atoms with E-state index >= 15 is 0 Å². The minimum Gasteiger partial charge on any atom is -0.426 e. The van der Waals surface area contributed by atoms with Gasteiger partial charge in [-0.05, 0) is 12.5 Å². The predicted molar refractivity (Wildman–Crippen MR) is 73.8 cm³/mol. The first kappa shape index (κ1) is 12.7. The summed E-state index contributed by atoms with van der Waals surface area (Å²) in [6, 6.07) is 1.83. The SMILES string of the molecule is Cc1nnc(C[C@@H]2C[C@@H]3CN(c4ncccn4)C[C@@H]3O2)o1. The molecular formula is C14H17N5O2. The van der Waals surface area contributed by atoms with Gasteiger partial charge in [0.05, 0.1) is 18.6 Å². The van der Waals surface area contributed by atoms with Crippen molar-refractivity contribution in [3.8, 4) is 0 Å². The van der Waals surface area contributed by atoms with Gasteiger partial charge in [-0.15, -0.1) is 10.2 Å². The zero-order valence-corrected chi connectivity index (χ0v) is 11.8. The van der Waals surface area contributed by atoms with E-state index in [0.29, 0.717) is 24.1 Å². The molecule has 0 spiro atoms. The zero-order valence-electron chi connectivity index (χ0n) is 11.8. The van der Waals surface area contributed by atoms with Crippen LogP contribution in [-0.4, -0.2) is 45.5 Å². The number of fused-ring (bicyclic) bond motifs is 1. The van der Waals surface area contributed by atoms with Crippen LogP contribution in [0.4, 0.5) is 5.95 Å². The van der Waals surface area contributed by atoms with E-state index in [0.717, 1.165) is 25.5 Å². The number of aromatic nitrogens is 4. The first-order valence-electron chi connectivity index (χ1n) is 7.24. The van der Waals surface area contributed by atoms with E-state index in [1.165, 1.54) is 0 Å². The maximum absolute atomic E-state index is 6.13. The lowest BCUT2D eigenvalue weighted by atomic mass is 10.0. The summed E-state index contributed by atoms with van der Waals surface area (Å²) in [4.78, 5) is 10.8. The largest absolute Gasteiger partial charge is 0.426 e. The molecular weight excluding hydrogens is 270 g/mol. The average Bonchev–Trinajstić information content (AvgIpc) is 3.15. The van der Waals surface area contributed by atoms with Crippen molar-refractivity contribution in [2.45, 2.75) is 32.0 Å². The fourth-order valence-corrected chi connectivity index (χ4v) is 3.23. The molecule has 0 aromatic carbocycles. The van der Waals surface area contributed by atoms with Gasteiger partial charge in [-0.3, -0.25) is 0 Å². The van der Waals surface area contributed by atoms with Crippen LogP contribution in [0.5, 0.6) is 0 Å². The number of ether oxygens (including phenoxy) is 1. The zero-order chi connectivity index (χ0) is 14.2. The number of anilines is 1. The van der Waals surface area contributed by atoms with E-state index in [9.17, 15) is 0 Å². The summed E-state index contributed by atoms with van der Waals surface area (Å²) >= 11 is 0. The number of hydrogen-bond donors (Lipinski definition) is 0. The van der Waals surface area contributed by atoms with Gasteiger partial charge in [0.15, 0.2) is 0 Å². The average molecular weight is 287 g/mol. The standard InChI is InChI=1S/C14H17N5O2/c1-9-17-18-13(20-9)6-11-5-10-7-19(8-12(10)21-11)14-15-3-2-4-16-14/h2-4,10-12H,5-8H2,1H3/t10-,11+,12+/m1/s1. The Labute approximate surface area is 122 Å². The third-order valence-electron chi connectivity index (χ3n) is 4.12. The fraction of sp³-hybridized carbons (Fsp3) is 0.571. The highest BCUT2D eigenvalue weighted by Crippen LogP contribution is 2.35. The Bertz CT molecular complexity index is 603. The summed E-state index contributed by atoms with van der Waals surface area (Å²) in [6.07, 6.45) is 5.71. The van der Waals surface area contributed by atoms with Crippen LogP contribution in [0.15, 0.2) is 22.9 Å². The normalized spacial score (nSPS) is 28.0. The predicted octanol–water partition coefficient (Wildman–Crippen LogP) is 1.00. The van der Waals surface area contributed by atoms with Crippen LogP contribution < -0.4 is 4.90 Å². The summed E-state index contributed by atoms with van der Waals surface area (Å²) in [5, 5.41) is 7.89. The van der Waals surface area contributed by atoms with Gasteiger partial charge in [0.2, 0.25) is 17.7 Å². The van der Waals surface area contributed by atoms with Crippen molar-refractivity contribution in [3.05, 3.63) is 30.2 Å².